The first-order valence-corrected chi connectivity index (χ1v) is 7.84. The molecule has 0 saturated carbocycles. The number of furan rings is 1. The van der Waals surface area contributed by atoms with Crippen LogP contribution in [0.4, 0.5) is 0 Å². The maximum Gasteiger partial charge on any atom is 0.0991 e. The Morgan fingerprint density at radius 1 is 1.13 bits per heavy atom. The molecule has 118 valence electrons. The standard InChI is InChI=1S/C18H19N3O2/c1-2-17(16-3-8-23-13-16)18(21-5-4-19-14-21)11-15(1)12-20-6-9-22-10-7-20/h1-5,8,11,13-14H,6-7,9-10,12H2. The molecular weight excluding hydrogens is 290 g/mol. The monoisotopic (exact) mass is 309 g/mol. The predicted molar refractivity (Wildman–Crippen MR) is 87.4 cm³/mol. The maximum absolute atomic E-state index is 5.42. The second-order valence-corrected chi connectivity index (χ2v) is 5.72. The molecule has 0 N–H and O–H groups in total. The molecule has 0 atom stereocenters. The van der Waals surface area contributed by atoms with Crippen molar-refractivity contribution in [2.75, 3.05) is 26.3 Å². The Morgan fingerprint density at radius 3 is 2.78 bits per heavy atom. The minimum absolute atomic E-state index is 0.821. The maximum atomic E-state index is 5.42. The van der Waals surface area contributed by atoms with E-state index < -0.39 is 0 Å². The van der Waals surface area contributed by atoms with E-state index in [-0.39, 0.29) is 0 Å². The molecular formula is C18H19N3O2. The number of imidazole rings is 1. The molecule has 4 rings (SSSR count). The van der Waals surface area contributed by atoms with Gasteiger partial charge in [0.05, 0.1) is 37.8 Å². The van der Waals surface area contributed by atoms with Gasteiger partial charge in [0.25, 0.3) is 0 Å². The Labute approximate surface area is 135 Å². The van der Waals surface area contributed by atoms with Crippen molar-refractivity contribution in [1.29, 1.82) is 0 Å². The van der Waals surface area contributed by atoms with Crippen LogP contribution in [0.5, 0.6) is 0 Å². The largest absolute Gasteiger partial charge is 0.472 e. The Kier molecular flexibility index (Phi) is 3.96. The molecule has 23 heavy (non-hydrogen) atoms. The number of benzene rings is 1. The summed E-state index contributed by atoms with van der Waals surface area (Å²) >= 11 is 0. The Morgan fingerprint density at radius 2 is 2.04 bits per heavy atom. The topological polar surface area (TPSA) is 43.4 Å². The molecule has 1 fully saturated rings. The van der Waals surface area contributed by atoms with Crippen LogP contribution < -0.4 is 0 Å². The van der Waals surface area contributed by atoms with E-state index in [1.54, 1.807) is 18.7 Å². The summed E-state index contributed by atoms with van der Waals surface area (Å²) in [6.45, 7) is 4.56. The summed E-state index contributed by atoms with van der Waals surface area (Å²) in [6, 6.07) is 8.57. The molecule has 5 heteroatoms. The van der Waals surface area contributed by atoms with Gasteiger partial charge in [-0.15, -0.1) is 0 Å². The van der Waals surface area contributed by atoms with Crippen LogP contribution in [-0.4, -0.2) is 40.8 Å². The fourth-order valence-corrected chi connectivity index (χ4v) is 2.97. The van der Waals surface area contributed by atoms with Crippen LogP contribution in [0.1, 0.15) is 5.56 Å². The molecule has 1 aromatic carbocycles. The molecule has 0 spiro atoms. The highest BCUT2D eigenvalue weighted by Gasteiger charge is 2.13. The Balaban J connectivity index is 1.68. The van der Waals surface area contributed by atoms with E-state index in [2.05, 4.69) is 28.1 Å². The van der Waals surface area contributed by atoms with Gasteiger partial charge >= 0.3 is 0 Å². The third-order valence-corrected chi connectivity index (χ3v) is 4.19. The number of nitrogens with zero attached hydrogens (tertiary/aromatic N) is 3. The van der Waals surface area contributed by atoms with Gasteiger partial charge in [0, 0.05) is 43.2 Å². The van der Waals surface area contributed by atoms with Crippen molar-refractivity contribution >= 4 is 0 Å². The van der Waals surface area contributed by atoms with Crippen LogP contribution in [0, 0.1) is 0 Å². The molecule has 0 amide bonds. The van der Waals surface area contributed by atoms with Gasteiger partial charge in [-0.1, -0.05) is 12.1 Å². The van der Waals surface area contributed by atoms with E-state index in [1.165, 1.54) is 5.56 Å². The van der Waals surface area contributed by atoms with E-state index in [9.17, 15) is 0 Å². The summed E-state index contributed by atoms with van der Waals surface area (Å²) in [7, 11) is 0. The Bertz CT molecular complexity index is 745. The summed E-state index contributed by atoms with van der Waals surface area (Å²) in [6.07, 6.45) is 9.08. The molecule has 1 aliphatic rings. The van der Waals surface area contributed by atoms with Gasteiger partial charge in [-0.2, -0.15) is 0 Å². The summed E-state index contributed by atoms with van der Waals surface area (Å²) in [5, 5.41) is 0. The lowest BCUT2D eigenvalue weighted by molar-refractivity contribution is 0.0342. The van der Waals surface area contributed by atoms with E-state index in [0.717, 1.165) is 49.7 Å². The molecule has 0 bridgehead atoms. The first-order chi connectivity index (χ1) is 11.4. The molecule has 0 aliphatic carbocycles. The molecule has 3 heterocycles. The number of hydrogen-bond donors (Lipinski definition) is 0. The average Bonchev–Trinajstić information content (AvgIpc) is 3.30. The summed E-state index contributed by atoms with van der Waals surface area (Å²) in [5.74, 6) is 0. The fourth-order valence-electron chi connectivity index (χ4n) is 2.97. The smallest absolute Gasteiger partial charge is 0.0991 e. The van der Waals surface area contributed by atoms with Gasteiger partial charge in [0.15, 0.2) is 0 Å². The lowest BCUT2D eigenvalue weighted by atomic mass is 10.0. The van der Waals surface area contributed by atoms with Crippen LogP contribution in [0.3, 0.4) is 0 Å². The van der Waals surface area contributed by atoms with E-state index in [1.807, 2.05) is 23.2 Å². The molecule has 2 aromatic heterocycles. The van der Waals surface area contributed by atoms with Gasteiger partial charge in [0.2, 0.25) is 0 Å². The highest BCUT2D eigenvalue weighted by molar-refractivity contribution is 5.72. The van der Waals surface area contributed by atoms with E-state index >= 15 is 0 Å². The van der Waals surface area contributed by atoms with E-state index in [0.29, 0.717) is 0 Å². The zero-order valence-electron chi connectivity index (χ0n) is 12.9. The normalized spacial score (nSPS) is 15.8. The molecule has 1 saturated heterocycles. The molecule has 0 unspecified atom stereocenters. The second kappa shape index (κ2) is 6.40. The first-order valence-electron chi connectivity index (χ1n) is 7.84. The van der Waals surface area contributed by atoms with Crippen molar-refractivity contribution in [3.63, 3.8) is 0 Å². The molecule has 1 aliphatic heterocycles. The third kappa shape index (κ3) is 3.06. The fraction of sp³-hybridized carbons (Fsp3) is 0.278. The van der Waals surface area contributed by atoms with Crippen LogP contribution in [0.15, 0.2) is 59.9 Å². The van der Waals surface area contributed by atoms with Gasteiger partial charge in [-0.05, 0) is 17.7 Å². The van der Waals surface area contributed by atoms with Crippen LogP contribution in [0.25, 0.3) is 16.8 Å². The number of ether oxygens (including phenoxy) is 1. The van der Waals surface area contributed by atoms with Gasteiger partial charge in [-0.25, -0.2) is 4.98 Å². The molecule has 3 aromatic rings. The van der Waals surface area contributed by atoms with Crippen molar-refractivity contribution in [3.05, 3.63) is 61.1 Å². The molecule has 5 nitrogen and oxygen atoms in total. The van der Waals surface area contributed by atoms with Gasteiger partial charge in [0.1, 0.15) is 0 Å². The SMILES string of the molecule is c1cn(-c2cc(CN3CCOCC3)ccc2-c2ccoc2)cn1. The molecule has 0 radical (unpaired) electrons. The zero-order valence-corrected chi connectivity index (χ0v) is 12.9. The Hall–Kier alpha value is -2.37. The summed E-state index contributed by atoms with van der Waals surface area (Å²) in [4.78, 5) is 6.60. The number of hydrogen-bond acceptors (Lipinski definition) is 4. The number of morpholine rings is 1. The van der Waals surface area contributed by atoms with E-state index in [4.69, 9.17) is 9.15 Å². The van der Waals surface area contributed by atoms with Gasteiger partial charge in [-0.3, -0.25) is 4.90 Å². The lowest BCUT2D eigenvalue weighted by Gasteiger charge is -2.27. The van der Waals surface area contributed by atoms with Gasteiger partial charge < -0.3 is 13.7 Å². The first kappa shape index (κ1) is 14.2. The highest BCUT2D eigenvalue weighted by Crippen LogP contribution is 2.28. The third-order valence-electron chi connectivity index (χ3n) is 4.19. The summed E-state index contributed by atoms with van der Waals surface area (Å²) in [5.41, 5.74) is 4.63. The predicted octanol–water partition coefficient (Wildman–Crippen LogP) is 2.96. The quantitative estimate of drug-likeness (QED) is 0.743. The summed E-state index contributed by atoms with van der Waals surface area (Å²) < 4.78 is 12.7. The van der Waals surface area contributed by atoms with Crippen molar-refractivity contribution in [1.82, 2.24) is 14.5 Å². The highest BCUT2D eigenvalue weighted by atomic mass is 16.5. The van der Waals surface area contributed by atoms with Crippen LogP contribution in [0.2, 0.25) is 0 Å². The zero-order chi connectivity index (χ0) is 15.5. The van der Waals surface area contributed by atoms with Crippen LogP contribution in [-0.2, 0) is 11.3 Å². The minimum Gasteiger partial charge on any atom is -0.472 e. The van der Waals surface area contributed by atoms with Crippen molar-refractivity contribution < 1.29 is 9.15 Å². The second-order valence-electron chi connectivity index (χ2n) is 5.72. The minimum atomic E-state index is 0.821. The van der Waals surface area contributed by atoms with Crippen molar-refractivity contribution in [3.8, 4) is 16.8 Å². The van der Waals surface area contributed by atoms with Crippen molar-refractivity contribution in [2.24, 2.45) is 0 Å². The number of aromatic nitrogens is 2. The van der Waals surface area contributed by atoms with Crippen molar-refractivity contribution in [2.45, 2.75) is 6.54 Å². The average molecular weight is 309 g/mol. The van der Waals surface area contributed by atoms with Crippen LogP contribution >= 0.6 is 0 Å². The lowest BCUT2D eigenvalue weighted by Crippen LogP contribution is -2.35. The number of rotatable bonds is 4.